The zero-order valence-electron chi connectivity index (χ0n) is 11.8. The van der Waals surface area contributed by atoms with Crippen LogP contribution in [-0.2, 0) is 9.59 Å². The summed E-state index contributed by atoms with van der Waals surface area (Å²) in [4.78, 5) is 26.8. The van der Waals surface area contributed by atoms with E-state index in [2.05, 4.69) is 5.32 Å². The van der Waals surface area contributed by atoms with Crippen molar-refractivity contribution in [2.75, 3.05) is 4.90 Å². The Labute approximate surface area is 117 Å². The number of hydrogen-bond acceptors (Lipinski definition) is 3. The van der Waals surface area contributed by atoms with E-state index in [1.807, 2.05) is 37.6 Å². The van der Waals surface area contributed by atoms with Crippen molar-refractivity contribution in [2.45, 2.75) is 45.7 Å². The Morgan fingerprint density at radius 1 is 1.47 bits per heavy atom. The molecule has 0 aromatic carbocycles. The van der Waals surface area contributed by atoms with Crippen molar-refractivity contribution in [3.63, 3.8) is 0 Å². The summed E-state index contributed by atoms with van der Waals surface area (Å²) in [5.74, 6) is -0.0119. The van der Waals surface area contributed by atoms with E-state index in [4.69, 9.17) is 0 Å². The fourth-order valence-electron chi connectivity index (χ4n) is 2.42. The number of piperazine rings is 1. The summed E-state index contributed by atoms with van der Waals surface area (Å²) in [5, 5.41) is 6.73. The molecule has 1 fully saturated rings. The number of carbonyl (C=O) groups is 2. The molecule has 2 unspecified atom stereocenters. The Hall–Kier alpha value is -1.36. The van der Waals surface area contributed by atoms with Gasteiger partial charge in [-0.25, -0.2) is 0 Å². The van der Waals surface area contributed by atoms with Crippen molar-refractivity contribution in [3.05, 3.63) is 16.8 Å². The van der Waals surface area contributed by atoms with Crippen LogP contribution < -0.4 is 10.2 Å². The van der Waals surface area contributed by atoms with Crippen LogP contribution in [-0.4, -0.2) is 23.4 Å². The van der Waals surface area contributed by atoms with E-state index in [0.29, 0.717) is 6.42 Å². The molecule has 2 heterocycles. The molecule has 1 saturated heterocycles. The minimum absolute atomic E-state index is 0.0216. The molecule has 1 N–H and O–H groups in total. The molecule has 0 spiro atoms. The fraction of sp³-hybridized carbons (Fsp3) is 0.571. The molecule has 0 radical (unpaired) electrons. The third-order valence-corrected chi connectivity index (χ3v) is 4.43. The van der Waals surface area contributed by atoms with Crippen molar-refractivity contribution < 1.29 is 9.59 Å². The smallest absolute Gasteiger partial charge is 0.253 e. The molecule has 0 saturated carbocycles. The van der Waals surface area contributed by atoms with Gasteiger partial charge in [-0.1, -0.05) is 20.8 Å². The molecule has 1 aliphatic rings. The maximum atomic E-state index is 12.8. The molecule has 4 nitrogen and oxygen atoms in total. The van der Waals surface area contributed by atoms with Gasteiger partial charge < -0.3 is 5.32 Å². The number of amides is 2. The van der Waals surface area contributed by atoms with Crippen LogP contribution in [0.4, 0.5) is 5.69 Å². The lowest BCUT2D eigenvalue weighted by Crippen LogP contribution is -2.70. The largest absolute Gasteiger partial charge is 0.340 e. The van der Waals surface area contributed by atoms with Crippen molar-refractivity contribution >= 4 is 28.8 Å². The Kier molecular flexibility index (Phi) is 3.67. The molecule has 0 aliphatic carbocycles. The normalized spacial score (nSPS) is 27.8. The predicted octanol–water partition coefficient (Wildman–Crippen LogP) is 2.40. The Bertz CT molecular complexity index is 484. The van der Waals surface area contributed by atoms with E-state index in [-0.39, 0.29) is 17.7 Å². The predicted molar refractivity (Wildman–Crippen MR) is 77.3 cm³/mol. The molecule has 1 aromatic heterocycles. The SMILES string of the molecule is CCC1(C)NC(=O)C(C(C)C)N(c2ccsc2)C1=O. The van der Waals surface area contributed by atoms with Crippen molar-refractivity contribution in [3.8, 4) is 0 Å². The molecular formula is C14H20N2O2S. The minimum atomic E-state index is -0.801. The number of nitrogens with zero attached hydrogens (tertiary/aromatic N) is 1. The Balaban J connectivity index is 2.48. The van der Waals surface area contributed by atoms with E-state index < -0.39 is 11.6 Å². The van der Waals surface area contributed by atoms with Crippen molar-refractivity contribution in [2.24, 2.45) is 5.92 Å². The highest BCUT2D eigenvalue weighted by molar-refractivity contribution is 7.08. The van der Waals surface area contributed by atoms with E-state index in [1.54, 1.807) is 11.8 Å². The molecule has 19 heavy (non-hydrogen) atoms. The standard InChI is InChI=1S/C14H20N2O2S/c1-5-14(4)13(18)16(10-6-7-19-8-10)11(9(2)3)12(17)15-14/h6-9,11H,5H2,1-4H3,(H,15,17). The second-order valence-electron chi connectivity index (χ2n) is 5.52. The third kappa shape index (κ3) is 2.27. The molecule has 2 atom stereocenters. The van der Waals surface area contributed by atoms with Crippen LogP contribution in [0, 0.1) is 5.92 Å². The van der Waals surface area contributed by atoms with E-state index >= 15 is 0 Å². The number of rotatable bonds is 3. The van der Waals surface area contributed by atoms with Gasteiger partial charge in [-0.2, -0.15) is 11.3 Å². The molecule has 1 aliphatic heterocycles. The topological polar surface area (TPSA) is 49.4 Å². The highest BCUT2D eigenvalue weighted by Gasteiger charge is 2.48. The number of anilines is 1. The Morgan fingerprint density at radius 2 is 2.16 bits per heavy atom. The molecular weight excluding hydrogens is 260 g/mol. The second kappa shape index (κ2) is 4.96. The summed E-state index contributed by atoms with van der Waals surface area (Å²) >= 11 is 1.53. The number of nitrogens with one attached hydrogen (secondary N) is 1. The fourth-order valence-corrected chi connectivity index (χ4v) is 3.05. The summed E-state index contributed by atoms with van der Waals surface area (Å²) in [6, 6.07) is 1.47. The van der Waals surface area contributed by atoms with Gasteiger partial charge in [0.05, 0.1) is 5.69 Å². The maximum Gasteiger partial charge on any atom is 0.253 e. The molecule has 2 amide bonds. The number of thiophene rings is 1. The van der Waals surface area contributed by atoms with Crippen LogP contribution in [0.3, 0.4) is 0 Å². The quantitative estimate of drug-likeness (QED) is 0.924. The van der Waals surface area contributed by atoms with E-state index in [0.717, 1.165) is 5.69 Å². The lowest BCUT2D eigenvalue weighted by molar-refractivity contribution is -0.138. The van der Waals surface area contributed by atoms with Crippen molar-refractivity contribution in [1.82, 2.24) is 5.32 Å². The molecule has 5 heteroatoms. The molecule has 2 rings (SSSR count). The monoisotopic (exact) mass is 280 g/mol. The van der Waals surface area contributed by atoms with Crippen LogP contribution in [0.1, 0.15) is 34.1 Å². The van der Waals surface area contributed by atoms with Gasteiger partial charge in [0.1, 0.15) is 11.6 Å². The minimum Gasteiger partial charge on any atom is -0.340 e. The number of hydrogen-bond donors (Lipinski definition) is 1. The summed E-state index contributed by atoms with van der Waals surface area (Å²) < 4.78 is 0. The molecule has 0 bridgehead atoms. The van der Waals surface area contributed by atoms with Crippen LogP contribution in [0.5, 0.6) is 0 Å². The second-order valence-corrected chi connectivity index (χ2v) is 6.30. The van der Waals surface area contributed by atoms with Crippen LogP contribution in [0.25, 0.3) is 0 Å². The molecule has 1 aromatic rings. The molecule has 104 valence electrons. The lowest BCUT2D eigenvalue weighted by Gasteiger charge is -2.45. The van der Waals surface area contributed by atoms with Gasteiger partial charge in [-0.05, 0) is 30.7 Å². The highest BCUT2D eigenvalue weighted by atomic mass is 32.1. The zero-order valence-corrected chi connectivity index (χ0v) is 12.6. The maximum absolute atomic E-state index is 12.8. The van der Waals surface area contributed by atoms with Crippen LogP contribution >= 0.6 is 11.3 Å². The summed E-state index contributed by atoms with van der Waals surface area (Å²) in [5.41, 5.74) is 0.0213. The number of carbonyl (C=O) groups excluding carboxylic acids is 2. The first-order chi connectivity index (χ1) is 8.90. The van der Waals surface area contributed by atoms with E-state index in [9.17, 15) is 9.59 Å². The van der Waals surface area contributed by atoms with Gasteiger partial charge in [0.25, 0.3) is 5.91 Å². The Morgan fingerprint density at radius 3 is 2.63 bits per heavy atom. The zero-order chi connectivity index (χ0) is 14.2. The third-order valence-electron chi connectivity index (χ3n) is 3.76. The highest BCUT2D eigenvalue weighted by Crippen LogP contribution is 2.31. The lowest BCUT2D eigenvalue weighted by atomic mass is 9.88. The average molecular weight is 280 g/mol. The first-order valence-corrected chi connectivity index (χ1v) is 7.53. The van der Waals surface area contributed by atoms with Crippen LogP contribution in [0.2, 0.25) is 0 Å². The van der Waals surface area contributed by atoms with Gasteiger partial charge in [-0.3, -0.25) is 14.5 Å². The van der Waals surface area contributed by atoms with Gasteiger partial charge in [0, 0.05) is 5.38 Å². The summed E-state index contributed by atoms with van der Waals surface area (Å²) in [6.45, 7) is 7.64. The average Bonchev–Trinajstić information content (AvgIpc) is 2.86. The summed E-state index contributed by atoms with van der Waals surface area (Å²) in [6.07, 6.45) is 0.586. The van der Waals surface area contributed by atoms with Gasteiger partial charge in [0.2, 0.25) is 5.91 Å². The van der Waals surface area contributed by atoms with Crippen LogP contribution in [0.15, 0.2) is 16.8 Å². The first kappa shape index (κ1) is 14.1. The first-order valence-electron chi connectivity index (χ1n) is 6.58. The van der Waals surface area contributed by atoms with Crippen molar-refractivity contribution in [1.29, 1.82) is 0 Å². The van der Waals surface area contributed by atoms with E-state index in [1.165, 1.54) is 11.3 Å². The van der Waals surface area contributed by atoms with Gasteiger partial charge in [-0.15, -0.1) is 0 Å². The summed E-state index contributed by atoms with van der Waals surface area (Å²) in [7, 11) is 0. The van der Waals surface area contributed by atoms with Gasteiger partial charge >= 0.3 is 0 Å². The van der Waals surface area contributed by atoms with Gasteiger partial charge in [0.15, 0.2) is 0 Å².